The third-order valence-corrected chi connectivity index (χ3v) is 3.59. The maximum atomic E-state index is 13.2. The van der Waals surface area contributed by atoms with Crippen molar-refractivity contribution in [2.45, 2.75) is 0 Å². The minimum absolute atomic E-state index is 0.350. The Bertz CT molecular complexity index is 1020. The van der Waals surface area contributed by atoms with Gasteiger partial charge in [-0.3, -0.25) is 4.79 Å². The van der Waals surface area contributed by atoms with Crippen LogP contribution in [0.5, 0.6) is 0 Å². The highest BCUT2D eigenvalue weighted by atomic mass is 19.1. The molecule has 24 heavy (non-hydrogen) atoms. The molecule has 4 rings (SSSR count). The second-order valence-corrected chi connectivity index (χ2v) is 5.10. The standard InChI is InChI=1S/C17H11FN4O2/c18-11-2-1-3-12(8-11)21-17(23)14-4-5-15(22-10-19-9-20-22)13-6-7-24-16(13)14/h1-10H,(H,21,23). The number of hydrogen-bond acceptors (Lipinski definition) is 4. The Labute approximate surface area is 135 Å². The molecule has 0 aliphatic rings. The molecule has 1 N–H and O–H groups in total. The van der Waals surface area contributed by atoms with Crippen molar-refractivity contribution in [2.75, 3.05) is 5.32 Å². The van der Waals surface area contributed by atoms with Crippen LogP contribution in [0.15, 0.2) is 65.8 Å². The van der Waals surface area contributed by atoms with Gasteiger partial charge < -0.3 is 9.73 Å². The molecule has 2 aromatic heterocycles. The second kappa shape index (κ2) is 5.62. The molecule has 2 heterocycles. The highest BCUT2D eigenvalue weighted by molar-refractivity contribution is 6.12. The molecule has 118 valence electrons. The fourth-order valence-electron chi connectivity index (χ4n) is 2.52. The molecule has 0 spiro atoms. The van der Waals surface area contributed by atoms with Gasteiger partial charge in [-0.15, -0.1) is 0 Å². The topological polar surface area (TPSA) is 73.0 Å². The molecule has 0 saturated carbocycles. The lowest BCUT2D eigenvalue weighted by Gasteiger charge is -2.08. The number of nitrogens with one attached hydrogen (secondary N) is 1. The molecule has 2 aromatic carbocycles. The number of halogens is 1. The maximum absolute atomic E-state index is 13.2. The van der Waals surface area contributed by atoms with E-state index >= 15 is 0 Å². The van der Waals surface area contributed by atoms with Gasteiger partial charge in [0.05, 0.1) is 17.5 Å². The number of anilines is 1. The van der Waals surface area contributed by atoms with E-state index in [4.69, 9.17) is 4.42 Å². The molecule has 0 radical (unpaired) electrons. The molecule has 7 heteroatoms. The highest BCUT2D eigenvalue weighted by Gasteiger charge is 2.16. The first-order valence-electron chi connectivity index (χ1n) is 7.14. The predicted octanol–water partition coefficient (Wildman–Crippen LogP) is 3.40. The Hall–Kier alpha value is -3.48. The zero-order valence-electron chi connectivity index (χ0n) is 12.3. The fraction of sp³-hybridized carbons (Fsp3) is 0. The summed E-state index contributed by atoms with van der Waals surface area (Å²) in [7, 11) is 0. The van der Waals surface area contributed by atoms with E-state index in [-0.39, 0.29) is 5.91 Å². The molecule has 0 aliphatic heterocycles. The van der Waals surface area contributed by atoms with Gasteiger partial charge in [0.15, 0.2) is 0 Å². The van der Waals surface area contributed by atoms with E-state index in [1.54, 1.807) is 35.3 Å². The molecule has 0 unspecified atom stereocenters. The summed E-state index contributed by atoms with van der Waals surface area (Å²) >= 11 is 0. The average molecular weight is 322 g/mol. The van der Waals surface area contributed by atoms with Gasteiger partial charge in [-0.2, -0.15) is 5.10 Å². The zero-order chi connectivity index (χ0) is 16.5. The third-order valence-electron chi connectivity index (χ3n) is 3.59. The monoisotopic (exact) mass is 322 g/mol. The SMILES string of the molecule is O=C(Nc1cccc(F)c1)c1ccc(-n2cncn2)c2ccoc12. The molecule has 0 atom stereocenters. The summed E-state index contributed by atoms with van der Waals surface area (Å²) < 4.78 is 20.3. The van der Waals surface area contributed by atoms with Crippen molar-refractivity contribution >= 4 is 22.6 Å². The van der Waals surface area contributed by atoms with Gasteiger partial charge in [0.1, 0.15) is 24.1 Å². The van der Waals surface area contributed by atoms with Crippen LogP contribution in [0.4, 0.5) is 10.1 Å². The number of carbonyl (C=O) groups is 1. The lowest BCUT2D eigenvalue weighted by Crippen LogP contribution is -2.12. The van der Waals surface area contributed by atoms with E-state index in [1.165, 1.54) is 30.8 Å². The van der Waals surface area contributed by atoms with E-state index in [0.717, 1.165) is 11.1 Å². The number of fused-ring (bicyclic) bond motifs is 1. The summed E-state index contributed by atoms with van der Waals surface area (Å²) in [5, 5.41) is 7.48. The summed E-state index contributed by atoms with van der Waals surface area (Å²) in [6.45, 7) is 0. The molecule has 1 amide bonds. The number of furan rings is 1. The van der Waals surface area contributed by atoms with Crippen molar-refractivity contribution in [3.05, 3.63) is 72.8 Å². The van der Waals surface area contributed by atoms with Crippen LogP contribution in [0, 0.1) is 5.82 Å². The van der Waals surface area contributed by atoms with Crippen LogP contribution in [0.2, 0.25) is 0 Å². The number of rotatable bonds is 3. The lowest BCUT2D eigenvalue weighted by molar-refractivity contribution is 0.102. The van der Waals surface area contributed by atoms with Crippen LogP contribution in [-0.2, 0) is 0 Å². The first-order chi connectivity index (χ1) is 11.7. The van der Waals surface area contributed by atoms with E-state index in [0.29, 0.717) is 16.8 Å². The number of amides is 1. The van der Waals surface area contributed by atoms with Crippen molar-refractivity contribution in [3.8, 4) is 5.69 Å². The number of aromatic nitrogens is 3. The van der Waals surface area contributed by atoms with Crippen molar-refractivity contribution in [1.29, 1.82) is 0 Å². The Morgan fingerprint density at radius 1 is 1.21 bits per heavy atom. The molecular weight excluding hydrogens is 311 g/mol. The van der Waals surface area contributed by atoms with Crippen molar-refractivity contribution in [1.82, 2.24) is 14.8 Å². The van der Waals surface area contributed by atoms with Gasteiger partial charge in [0.2, 0.25) is 0 Å². The minimum Gasteiger partial charge on any atom is -0.463 e. The smallest absolute Gasteiger partial charge is 0.259 e. The molecule has 4 aromatic rings. The van der Waals surface area contributed by atoms with Crippen LogP contribution in [0.25, 0.3) is 16.7 Å². The van der Waals surface area contributed by atoms with Gasteiger partial charge in [0.25, 0.3) is 5.91 Å². The number of benzene rings is 2. The van der Waals surface area contributed by atoms with Gasteiger partial charge in [-0.25, -0.2) is 14.1 Å². The van der Waals surface area contributed by atoms with E-state index in [1.807, 2.05) is 0 Å². The lowest BCUT2D eigenvalue weighted by atomic mass is 10.1. The number of hydrogen-bond donors (Lipinski definition) is 1. The summed E-state index contributed by atoms with van der Waals surface area (Å²) in [6, 6.07) is 10.9. The van der Waals surface area contributed by atoms with E-state index < -0.39 is 5.82 Å². The van der Waals surface area contributed by atoms with E-state index in [2.05, 4.69) is 15.4 Å². The van der Waals surface area contributed by atoms with Crippen LogP contribution in [-0.4, -0.2) is 20.7 Å². The van der Waals surface area contributed by atoms with Crippen molar-refractivity contribution in [3.63, 3.8) is 0 Å². The Morgan fingerprint density at radius 2 is 2.12 bits per heavy atom. The molecule has 0 bridgehead atoms. The quantitative estimate of drug-likeness (QED) is 0.627. The Morgan fingerprint density at radius 3 is 2.92 bits per heavy atom. The highest BCUT2D eigenvalue weighted by Crippen LogP contribution is 2.27. The van der Waals surface area contributed by atoms with Crippen LogP contribution >= 0.6 is 0 Å². The molecular formula is C17H11FN4O2. The molecule has 0 saturated heterocycles. The van der Waals surface area contributed by atoms with Gasteiger partial charge >= 0.3 is 0 Å². The molecule has 0 aliphatic carbocycles. The first-order valence-corrected chi connectivity index (χ1v) is 7.14. The third kappa shape index (κ3) is 2.41. The second-order valence-electron chi connectivity index (χ2n) is 5.10. The summed E-state index contributed by atoms with van der Waals surface area (Å²) in [6.07, 6.45) is 4.49. The normalized spacial score (nSPS) is 10.9. The summed E-state index contributed by atoms with van der Waals surface area (Å²) in [5.41, 5.74) is 1.90. The van der Waals surface area contributed by atoms with E-state index in [9.17, 15) is 9.18 Å². The fourth-order valence-corrected chi connectivity index (χ4v) is 2.52. The van der Waals surface area contributed by atoms with Crippen LogP contribution < -0.4 is 5.32 Å². The zero-order valence-corrected chi connectivity index (χ0v) is 12.3. The minimum atomic E-state index is -0.419. The first kappa shape index (κ1) is 14.1. The van der Waals surface area contributed by atoms with Crippen molar-refractivity contribution < 1.29 is 13.6 Å². The van der Waals surface area contributed by atoms with Crippen LogP contribution in [0.3, 0.4) is 0 Å². The van der Waals surface area contributed by atoms with Crippen LogP contribution in [0.1, 0.15) is 10.4 Å². The predicted molar refractivity (Wildman–Crippen MR) is 85.5 cm³/mol. The Balaban J connectivity index is 1.74. The van der Waals surface area contributed by atoms with Gasteiger partial charge in [0, 0.05) is 11.1 Å². The average Bonchev–Trinajstić information content (AvgIpc) is 3.25. The molecule has 0 fully saturated rings. The summed E-state index contributed by atoms with van der Waals surface area (Å²) in [4.78, 5) is 16.4. The largest absolute Gasteiger partial charge is 0.463 e. The Kier molecular flexibility index (Phi) is 3.31. The number of nitrogens with zero attached hydrogens (tertiary/aromatic N) is 3. The maximum Gasteiger partial charge on any atom is 0.259 e. The van der Waals surface area contributed by atoms with Gasteiger partial charge in [-0.05, 0) is 36.4 Å². The van der Waals surface area contributed by atoms with Gasteiger partial charge in [-0.1, -0.05) is 6.07 Å². The summed E-state index contributed by atoms with van der Waals surface area (Å²) in [5.74, 6) is -0.803. The van der Waals surface area contributed by atoms with Crippen molar-refractivity contribution in [2.24, 2.45) is 0 Å². The number of carbonyl (C=O) groups excluding carboxylic acids is 1. The molecule has 6 nitrogen and oxygen atoms in total.